The molecule has 0 bridgehead atoms. The molecular formula is C19H21FO2. The lowest BCUT2D eigenvalue weighted by Gasteiger charge is -2.45. The molecule has 1 aromatic rings. The molecule has 3 heteroatoms. The number of aliphatic hydroxyl groups is 1. The summed E-state index contributed by atoms with van der Waals surface area (Å²) in [5.74, 6) is -0.339. The molecule has 116 valence electrons. The Hall–Kier alpha value is -1.74. The van der Waals surface area contributed by atoms with Gasteiger partial charge in [-0.2, -0.15) is 0 Å². The third kappa shape index (κ3) is 2.34. The molecule has 2 nitrogen and oxygen atoms in total. The van der Waals surface area contributed by atoms with Crippen molar-refractivity contribution in [3.63, 3.8) is 0 Å². The second-order valence-corrected chi connectivity index (χ2v) is 6.63. The van der Waals surface area contributed by atoms with E-state index in [0.717, 1.165) is 30.4 Å². The second kappa shape index (κ2) is 5.47. The van der Waals surface area contributed by atoms with E-state index in [1.54, 1.807) is 24.3 Å². The zero-order chi connectivity index (χ0) is 15.9. The number of allylic oxidation sites excluding steroid dienone is 2. The van der Waals surface area contributed by atoms with Gasteiger partial charge in [-0.05, 0) is 50.3 Å². The van der Waals surface area contributed by atoms with Crippen molar-refractivity contribution in [3.8, 4) is 0 Å². The molecule has 0 heterocycles. The van der Waals surface area contributed by atoms with Crippen LogP contribution in [0.1, 0.15) is 45.1 Å². The van der Waals surface area contributed by atoms with Crippen LogP contribution >= 0.6 is 0 Å². The summed E-state index contributed by atoms with van der Waals surface area (Å²) < 4.78 is 13.9. The van der Waals surface area contributed by atoms with Crippen molar-refractivity contribution < 1.29 is 14.3 Å². The van der Waals surface area contributed by atoms with E-state index in [1.165, 1.54) is 6.07 Å². The van der Waals surface area contributed by atoms with Crippen molar-refractivity contribution in [2.75, 3.05) is 0 Å². The fourth-order valence-corrected chi connectivity index (χ4v) is 3.87. The highest BCUT2D eigenvalue weighted by Gasteiger charge is 2.45. The highest BCUT2D eigenvalue weighted by molar-refractivity contribution is 6.12. The predicted molar refractivity (Wildman–Crippen MR) is 84.7 cm³/mol. The lowest BCUT2D eigenvalue weighted by atomic mass is 9.61. The zero-order valence-electron chi connectivity index (χ0n) is 13.0. The molecule has 3 rings (SSSR count). The first-order valence-corrected chi connectivity index (χ1v) is 7.81. The van der Waals surface area contributed by atoms with Crippen molar-refractivity contribution in [2.24, 2.45) is 5.41 Å². The van der Waals surface area contributed by atoms with Gasteiger partial charge in [0.1, 0.15) is 5.82 Å². The van der Waals surface area contributed by atoms with Crippen LogP contribution in [0.15, 0.2) is 41.0 Å². The van der Waals surface area contributed by atoms with Crippen LogP contribution in [0.2, 0.25) is 0 Å². The number of rotatable bonds is 1. The van der Waals surface area contributed by atoms with Gasteiger partial charge in [0.05, 0.1) is 6.10 Å². The van der Waals surface area contributed by atoms with Gasteiger partial charge in [0.25, 0.3) is 0 Å². The third-order valence-corrected chi connectivity index (χ3v) is 5.21. The molecule has 1 N–H and O–H groups in total. The van der Waals surface area contributed by atoms with E-state index in [1.807, 2.05) is 13.8 Å². The average molecular weight is 300 g/mol. The Morgan fingerprint density at radius 2 is 2.09 bits per heavy atom. The van der Waals surface area contributed by atoms with E-state index in [4.69, 9.17) is 0 Å². The van der Waals surface area contributed by atoms with Gasteiger partial charge in [-0.25, -0.2) is 4.39 Å². The molecule has 2 aliphatic carbocycles. The SMILES string of the molecule is CC1=C2CCC[C@H](O)[C@@]2(C)CC(=Cc2ccccc2F)C1=O. The normalized spacial score (nSPS) is 30.6. The maximum Gasteiger partial charge on any atom is 0.184 e. The molecule has 2 atom stereocenters. The molecule has 0 saturated heterocycles. The monoisotopic (exact) mass is 300 g/mol. The summed E-state index contributed by atoms with van der Waals surface area (Å²) in [5.41, 5.74) is 2.44. The van der Waals surface area contributed by atoms with E-state index in [2.05, 4.69) is 0 Å². The first kappa shape index (κ1) is 15.2. The molecule has 2 aliphatic rings. The highest BCUT2D eigenvalue weighted by Crippen LogP contribution is 2.50. The molecule has 22 heavy (non-hydrogen) atoms. The van der Waals surface area contributed by atoms with Crippen molar-refractivity contribution in [2.45, 2.75) is 45.6 Å². The number of fused-ring (bicyclic) bond motifs is 1. The summed E-state index contributed by atoms with van der Waals surface area (Å²) in [6, 6.07) is 6.46. The Kier molecular flexibility index (Phi) is 3.77. The van der Waals surface area contributed by atoms with Gasteiger partial charge in [-0.3, -0.25) is 4.79 Å². The molecule has 0 spiro atoms. The van der Waals surface area contributed by atoms with Crippen LogP contribution in [0.25, 0.3) is 6.08 Å². The van der Waals surface area contributed by atoms with E-state index < -0.39 is 11.5 Å². The van der Waals surface area contributed by atoms with Gasteiger partial charge in [-0.15, -0.1) is 0 Å². The zero-order valence-corrected chi connectivity index (χ0v) is 13.0. The van der Waals surface area contributed by atoms with Crippen molar-refractivity contribution in [3.05, 3.63) is 52.4 Å². The molecule has 0 aromatic heterocycles. The van der Waals surface area contributed by atoms with Gasteiger partial charge in [0.15, 0.2) is 5.78 Å². The maximum absolute atomic E-state index is 13.9. The minimum Gasteiger partial charge on any atom is -0.392 e. The molecule has 1 fully saturated rings. The van der Waals surface area contributed by atoms with E-state index in [9.17, 15) is 14.3 Å². The molecule has 0 aliphatic heterocycles. The van der Waals surface area contributed by atoms with Crippen LogP contribution in [0, 0.1) is 11.2 Å². The molecular weight excluding hydrogens is 279 g/mol. The Bertz CT molecular complexity index is 686. The molecule has 0 amide bonds. The number of carbonyl (C=O) groups is 1. The minimum atomic E-state index is -0.441. The van der Waals surface area contributed by atoms with Crippen LogP contribution in [0.5, 0.6) is 0 Å². The summed E-state index contributed by atoms with van der Waals surface area (Å²) in [6.45, 7) is 3.86. The topological polar surface area (TPSA) is 37.3 Å². The van der Waals surface area contributed by atoms with Crippen LogP contribution < -0.4 is 0 Å². The standard InChI is InChI=1S/C19H21FO2/c1-12-15-7-5-9-17(21)19(15,2)11-14(18(12)22)10-13-6-3-4-8-16(13)20/h3-4,6,8,10,17,21H,5,7,9,11H2,1-2H3/t17-,19-/m0/s1. The van der Waals surface area contributed by atoms with E-state index in [0.29, 0.717) is 17.6 Å². The number of benzene rings is 1. The van der Waals surface area contributed by atoms with Crippen LogP contribution in [0.3, 0.4) is 0 Å². The number of Topliss-reactive ketones (excluding diaryl/α,β-unsaturated/α-hetero) is 1. The number of hydrogen-bond donors (Lipinski definition) is 1. The number of aliphatic hydroxyl groups excluding tert-OH is 1. The van der Waals surface area contributed by atoms with Crippen molar-refractivity contribution >= 4 is 11.9 Å². The van der Waals surface area contributed by atoms with Gasteiger partial charge in [-0.1, -0.05) is 30.7 Å². The summed E-state index contributed by atoms with van der Waals surface area (Å²) in [4.78, 5) is 12.6. The maximum atomic E-state index is 13.9. The third-order valence-electron chi connectivity index (χ3n) is 5.21. The fourth-order valence-electron chi connectivity index (χ4n) is 3.87. The highest BCUT2D eigenvalue weighted by atomic mass is 19.1. The summed E-state index contributed by atoms with van der Waals surface area (Å²) >= 11 is 0. The Balaban J connectivity index is 2.08. The molecule has 0 radical (unpaired) electrons. The van der Waals surface area contributed by atoms with Gasteiger partial charge in [0.2, 0.25) is 0 Å². The van der Waals surface area contributed by atoms with Crippen LogP contribution in [0.4, 0.5) is 4.39 Å². The van der Waals surface area contributed by atoms with Crippen LogP contribution in [-0.2, 0) is 4.79 Å². The van der Waals surface area contributed by atoms with Crippen molar-refractivity contribution in [1.82, 2.24) is 0 Å². The first-order chi connectivity index (χ1) is 10.4. The number of carbonyl (C=O) groups excluding carboxylic acids is 1. The smallest absolute Gasteiger partial charge is 0.184 e. The fraction of sp³-hybridized carbons (Fsp3) is 0.421. The summed E-state index contributed by atoms with van der Waals surface area (Å²) in [6.07, 6.45) is 4.23. The average Bonchev–Trinajstić information content (AvgIpc) is 2.49. The first-order valence-electron chi connectivity index (χ1n) is 7.81. The van der Waals surface area contributed by atoms with Gasteiger partial charge >= 0.3 is 0 Å². The number of halogens is 1. The van der Waals surface area contributed by atoms with E-state index >= 15 is 0 Å². The Labute approximate surface area is 130 Å². The number of hydrogen-bond acceptors (Lipinski definition) is 2. The summed E-state index contributed by atoms with van der Waals surface area (Å²) in [5, 5.41) is 10.5. The predicted octanol–water partition coefficient (Wildman–Crippen LogP) is 4.05. The van der Waals surface area contributed by atoms with Crippen molar-refractivity contribution in [1.29, 1.82) is 0 Å². The summed E-state index contributed by atoms with van der Waals surface area (Å²) in [7, 11) is 0. The van der Waals surface area contributed by atoms with E-state index in [-0.39, 0.29) is 11.6 Å². The molecule has 1 aromatic carbocycles. The van der Waals surface area contributed by atoms with Crippen LogP contribution in [-0.4, -0.2) is 17.0 Å². The largest absolute Gasteiger partial charge is 0.392 e. The van der Waals surface area contributed by atoms with Gasteiger partial charge < -0.3 is 5.11 Å². The molecule has 1 saturated carbocycles. The lowest BCUT2D eigenvalue weighted by Crippen LogP contribution is -2.42. The Morgan fingerprint density at radius 1 is 1.36 bits per heavy atom. The Morgan fingerprint density at radius 3 is 2.82 bits per heavy atom. The number of ketones is 1. The van der Waals surface area contributed by atoms with Gasteiger partial charge in [0, 0.05) is 16.6 Å². The second-order valence-electron chi connectivity index (χ2n) is 6.63. The lowest BCUT2D eigenvalue weighted by molar-refractivity contribution is -0.113. The molecule has 0 unspecified atom stereocenters. The quantitative estimate of drug-likeness (QED) is 0.794. The minimum absolute atomic E-state index is 0.00942.